The highest BCUT2D eigenvalue weighted by Gasteiger charge is 2.10. The van der Waals surface area contributed by atoms with Gasteiger partial charge in [-0.25, -0.2) is 9.97 Å². The Hall–Kier alpha value is -1.66. The van der Waals surface area contributed by atoms with Gasteiger partial charge in [0.1, 0.15) is 0 Å². The first-order valence-corrected chi connectivity index (χ1v) is 14.3. The van der Waals surface area contributed by atoms with Crippen LogP contribution in [0.4, 0.5) is 0 Å². The highest BCUT2D eigenvalue weighted by atomic mass is 32.1. The number of rotatable bonds is 18. The fourth-order valence-corrected chi connectivity index (χ4v) is 5.21. The lowest BCUT2D eigenvalue weighted by molar-refractivity contribution is 0.566. The fraction of sp³-hybridized carbons (Fsp3) is 0.571. The number of aromatic nitrogens is 4. The van der Waals surface area contributed by atoms with Gasteiger partial charge in [-0.15, -0.1) is 0 Å². The molecule has 2 heterocycles. The minimum Gasteiger partial charge on any atom is -0.337 e. The molecule has 6 heteroatoms. The number of unbranched alkanes of at least 4 members (excludes halogenated alkanes) is 6. The van der Waals surface area contributed by atoms with Crippen LogP contribution in [0.2, 0.25) is 0 Å². The van der Waals surface area contributed by atoms with Gasteiger partial charge >= 0.3 is 0 Å². The molecule has 34 heavy (non-hydrogen) atoms. The summed E-state index contributed by atoms with van der Waals surface area (Å²) in [6.45, 7) is 2.16. The maximum Gasteiger partial charge on any atom is 0.0945 e. The van der Waals surface area contributed by atoms with Crippen LogP contribution < -0.4 is 0 Å². The first-order valence-electron chi connectivity index (χ1n) is 13.1. The van der Waals surface area contributed by atoms with E-state index < -0.39 is 0 Å². The van der Waals surface area contributed by atoms with Crippen LogP contribution >= 0.6 is 25.3 Å². The fourth-order valence-electron chi connectivity index (χ4n) is 4.73. The third kappa shape index (κ3) is 9.53. The third-order valence-electron chi connectivity index (χ3n) is 6.63. The minimum atomic E-state index is 0.906. The Balaban J connectivity index is 1.49. The molecule has 3 rings (SSSR count). The number of hydrogen-bond donors (Lipinski definition) is 2. The smallest absolute Gasteiger partial charge is 0.0945 e. The van der Waals surface area contributed by atoms with Gasteiger partial charge in [0.05, 0.1) is 12.7 Å². The molecule has 186 valence electrons. The van der Waals surface area contributed by atoms with E-state index in [4.69, 9.17) is 0 Å². The zero-order valence-corrected chi connectivity index (χ0v) is 22.4. The van der Waals surface area contributed by atoms with Crippen LogP contribution in [0.25, 0.3) is 0 Å². The summed E-state index contributed by atoms with van der Waals surface area (Å²) >= 11 is 9.04. The second-order valence-electron chi connectivity index (χ2n) is 9.27. The van der Waals surface area contributed by atoms with E-state index in [0.29, 0.717) is 0 Å². The molecule has 3 aromatic rings. The van der Waals surface area contributed by atoms with E-state index in [1.807, 2.05) is 25.0 Å². The second-order valence-corrected chi connectivity index (χ2v) is 10.2. The van der Waals surface area contributed by atoms with Gasteiger partial charge in [-0.1, -0.05) is 37.8 Å². The van der Waals surface area contributed by atoms with Crippen molar-refractivity contribution in [3.63, 3.8) is 0 Å². The number of aryl methyl sites for hydroxylation is 6. The predicted molar refractivity (Wildman–Crippen MR) is 150 cm³/mol. The van der Waals surface area contributed by atoms with Gasteiger partial charge in [-0.3, -0.25) is 0 Å². The largest absolute Gasteiger partial charge is 0.337 e. The van der Waals surface area contributed by atoms with Crippen molar-refractivity contribution in [3.8, 4) is 0 Å². The van der Waals surface area contributed by atoms with Crippen LogP contribution in [0, 0.1) is 0 Å². The van der Waals surface area contributed by atoms with Gasteiger partial charge in [-0.2, -0.15) is 25.3 Å². The van der Waals surface area contributed by atoms with Crippen molar-refractivity contribution in [2.24, 2.45) is 0 Å². The van der Waals surface area contributed by atoms with E-state index in [-0.39, 0.29) is 0 Å². The molecule has 0 unspecified atom stereocenters. The van der Waals surface area contributed by atoms with E-state index in [1.54, 1.807) is 11.1 Å². The molecule has 0 spiro atoms. The van der Waals surface area contributed by atoms with E-state index in [0.717, 1.165) is 37.4 Å². The SMILES string of the molecule is SCCc1cc(CCCCCCn2ccnc2)c(CCCCCCn2ccnc2)cc1CCS. The Kier molecular flexibility index (Phi) is 12.7. The van der Waals surface area contributed by atoms with Crippen LogP contribution in [0.5, 0.6) is 0 Å². The van der Waals surface area contributed by atoms with Gasteiger partial charge in [0.25, 0.3) is 0 Å². The van der Waals surface area contributed by atoms with Crippen molar-refractivity contribution in [2.45, 2.75) is 90.1 Å². The average molecular weight is 499 g/mol. The second kappa shape index (κ2) is 16.1. The summed E-state index contributed by atoms with van der Waals surface area (Å²) in [4.78, 5) is 8.26. The minimum absolute atomic E-state index is 0.906. The summed E-state index contributed by atoms with van der Waals surface area (Å²) in [5, 5.41) is 0. The van der Waals surface area contributed by atoms with Gasteiger partial charge < -0.3 is 9.13 Å². The van der Waals surface area contributed by atoms with Crippen molar-refractivity contribution < 1.29 is 0 Å². The Morgan fingerprint density at radius 3 is 1.32 bits per heavy atom. The first-order chi connectivity index (χ1) is 16.8. The molecular weight excluding hydrogens is 456 g/mol. The first kappa shape index (κ1) is 26.9. The lowest BCUT2D eigenvalue weighted by atomic mass is 9.90. The Labute approximate surface area is 217 Å². The molecule has 0 aliphatic heterocycles. The van der Waals surface area contributed by atoms with Gasteiger partial charge in [0.2, 0.25) is 0 Å². The maximum absolute atomic E-state index is 4.52. The molecule has 0 fully saturated rings. The molecule has 0 aliphatic rings. The number of benzene rings is 1. The standard InChI is InChI=1S/C28H42N4S2/c33-19-11-27-21-25(9-5-1-3-7-15-31-17-13-29-23-31)26(22-28(27)12-20-34)10-6-2-4-8-16-32-18-14-30-24-32/h13-14,17-18,21-24,33-34H,1-12,15-16,19-20H2. The van der Waals surface area contributed by atoms with Crippen molar-refractivity contribution >= 4 is 25.3 Å². The van der Waals surface area contributed by atoms with Crippen LogP contribution in [-0.2, 0) is 38.8 Å². The monoisotopic (exact) mass is 498 g/mol. The van der Waals surface area contributed by atoms with E-state index in [9.17, 15) is 0 Å². The number of thiol groups is 2. The van der Waals surface area contributed by atoms with Gasteiger partial charge in [-0.05, 0) is 85.1 Å². The molecule has 0 amide bonds. The predicted octanol–water partition coefficient (Wildman–Crippen LogP) is 6.63. The third-order valence-corrected chi connectivity index (χ3v) is 7.07. The number of imidazole rings is 2. The summed E-state index contributed by atoms with van der Waals surface area (Å²) in [5.74, 6) is 1.81. The molecular formula is C28H42N4S2. The zero-order valence-electron chi connectivity index (χ0n) is 20.6. The summed E-state index contributed by atoms with van der Waals surface area (Å²) < 4.78 is 4.36. The quantitative estimate of drug-likeness (QED) is 0.152. The van der Waals surface area contributed by atoms with Crippen LogP contribution in [-0.4, -0.2) is 30.6 Å². The van der Waals surface area contributed by atoms with Crippen LogP contribution in [0.15, 0.2) is 49.6 Å². The molecule has 0 aliphatic carbocycles. The average Bonchev–Trinajstić information content (AvgIpc) is 3.55. The lowest BCUT2D eigenvalue weighted by Crippen LogP contribution is -2.04. The maximum atomic E-state index is 4.52. The molecule has 0 atom stereocenters. The normalized spacial score (nSPS) is 11.4. The Morgan fingerprint density at radius 1 is 0.529 bits per heavy atom. The van der Waals surface area contributed by atoms with Gasteiger partial charge in [0.15, 0.2) is 0 Å². The summed E-state index contributed by atoms with van der Waals surface area (Å²) in [6.07, 6.45) is 26.3. The zero-order chi connectivity index (χ0) is 23.8. The van der Waals surface area contributed by atoms with E-state index >= 15 is 0 Å². The van der Waals surface area contributed by atoms with Crippen LogP contribution in [0.3, 0.4) is 0 Å². The molecule has 0 bridgehead atoms. The Morgan fingerprint density at radius 2 is 0.941 bits per heavy atom. The molecule has 0 N–H and O–H groups in total. The van der Waals surface area contributed by atoms with Crippen molar-refractivity contribution in [1.82, 2.24) is 19.1 Å². The van der Waals surface area contributed by atoms with Crippen molar-refractivity contribution in [1.29, 1.82) is 0 Å². The van der Waals surface area contributed by atoms with Crippen molar-refractivity contribution in [3.05, 3.63) is 71.8 Å². The Bertz CT molecular complexity index is 832. The molecule has 0 radical (unpaired) electrons. The van der Waals surface area contributed by atoms with E-state index in [1.165, 1.54) is 75.3 Å². The lowest BCUT2D eigenvalue weighted by Gasteiger charge is -2.17. The molecule has 0 saturated heterocycles. The topological polar surface area (TPSA) is 35.6 Å². The summed E-state index contributed by atoms with van der Waals surface area (Å²) in [7, 11) is 0. The van der Waals surface area contributed by atoms with Gasteiger partial charge in [0, 0.05) is 37.9 Å². The van der Waals surface area contributed by atoms with Crippen LogP contribution in [0.1, 0.15) is 73.6 Å². The van der Waals surface area contributed by atoms with Crippen molar-refractivity contribution in [2.75, 3.05) is 11.5 Å². The highest BCUT2D eigenvalue weighted by molar-refractivity contribution is 7.80. The highest BCUT2D eigenvalue weighted by Crippen LogP contribution is 2.24. The summed E-state index contributed by atoms with van der Waals surface area (Å²) in [5.41, 5.74) is 6.13. The molecule has 1 aromatic carbocycles. The van der Waals surface area contributed by atoms with E-state index in [2.05, 4.69) is 68.9 Å². The number of nitrogens with zero attached hydrogens (tertiary/aromatic N) is 4. The molecule has 2 aromatic heterocycles. The molecule has 4 nitrogen and oxygen atoms in total. The number of hydrogen-bond acceptors (Lipinski definition) is 4. The summed E-state index contributed by atoms with van der Waals surface area (Å²) in [6, 6.07) is 5.02. The molecule has 0 saturated carbocycles.